The largest absolute Gasteiger partial charge is 1.00 e. The maximum atomic E-state index is 14.7. The monoisotopic (exact) mass is 1330 g/mol. The number of hydrogen-bond acceptors (Lipinski definition) is 25. The summed E-state index contributed by atoms with van der Waals surface area (Å²) in [5.41, 5.74) is 7.12. The second-order valence-corrected chi connectivity index (χ2v) is 23.7. The van der Waals surface area contributed by atoms with Gasteiger partial charge >= 0.3 is 29.6 Å². The summed E-state index contributed by atoms with van der Waals surface area (Å²) in [6, 6.07) is 4.15. The number of rotatable bonds is 20. The summed E-state index contributed by atoms with van der Waals surface area (Å²) in [7, 11) is 0. The average Bonchev–Trinajstić information content (AvgIpc) is 2.04. The van der Waals surface area contributed by atoms with Crippen molar-refractivity contribution in [3.8, 4) is 39.1 Å². The molecule has 14 unspecified atom stereocenters. The van der Waals surface area contributed by atoms with E-state index >= 15 is 0 Å². The van der Waals surface area contributed by atoms with Crippen molar-refractivity contribution in [3.05, 3.63) is 84.1 Å². The number of phenols is 1. The number of phenolic OH excluding ortho intramolecular Hbond substituents is 1. The Labute approximate surface area is 555 Å². The van der Waals surface area contributed by atoms with Crippen molar-refractivity contribution >= 4 is 75.9 Å². The molecule has 5 heterocycles. The van der Waals surface area contributed by atoms with Gasteiger partial charge in [-0.1, -0.05) is 56.2 Å². The molecule has 0 spiro atoms. The number of hydrogen-bond donors (Lipinski definition) is 14. The fraction of sp³-hybridized carbons (Fsp3) is 0.474. The van der Waals surface area contributed by atoms with E-state index in [-0.39, 0.29) is 53.0 Å². The van der Waals surface area contributed by atoms with Gasteiger partial charge in [0.15, 0.2) is 11.5 Å². The summed E-state index contributed by atoms with van der Waals surface area (Å²) >= 11 is 1.19. The minimum Gasteiger partial charge on any atom is -0.691 e. The number of aliphatic hydroxyl groups excluding tert-OH is 7. The molecule has 35 heteroatoms. The Hall–Kier alpha value is -7.13. The first-order chi connectivity index (χ1) is 43.4. The van der Waals surface area contributed by atoms with Gasteiger partial charge in [0.05, 0.1) is 55.4 Å². The first-order valence-electron chi connectivity index (χ1n) is 28.9. The number of β-amino-alcohol motifs (C(OH)–C–C–N with tert-alkyl or cyclic N) is 1. The number of aromatic nitrogens is 3. The van der Waals surface area contributed by atoms with Crippen molar-refractivity contribution in [1.29, 1.82) is 0 Å². The predicted octanol–water partition coefficient (Wildman–Crippen LogP) is -6.12. The standard InChI is InChI=1S/C57H71N11O21S2.Na/c1-4-5-6-17-86-34-14-11-28(12-15-34)36-25-68-57(61-36)90-54(65-68)30-9-7-29(8-10-30)49(78)60-35-19-32(70)22-59-53(82)45-46(75)26(2)23-67(45)56(84)43(39(73)21-41(58)74)63-52(81)44(48(77)47(76)31-13-16-38(72)40(18-31)87-91-89-88-85)64-51(80)37-20-33(71)24-66(37)55(83)42(27(3)69)62-50(35)79;/h7-16,18,25-27,32-33,35,37,39,42-48,69-73,75-77,85H,4-6,17,19-24H2,1-3H3,(H2,58,74)(H,59,82)(H,60,78)(H,62,79)(H,63,81)(H,64,80);/q;+1/p-1. The molecule has 0 aliphatic carbocycles. The molecule has 8 amide bonds. The SMILES string of the molecule is CCCCCOc1ccc(-c2cn3nc(-c4ccc(C(=O)NC5CC(O)CNC(=O)C6C(O)C(C)CN6C(=O)C(C(O)CC(N)=O)NC(=O)C(C(O)C(O)c6ccc(O)c(OSOO[O-])c6)NC(=O)C6CC(O)CN6C(=O)C(C(C)O)NC5=O)cc4)sc3n2)cc1.[Na+]. The molecule has 92 heavy (non-hydrogen) atoms. The molecule has 3 aliphatic heterocycles. The summed E-state index contributed by atoms with van der Waals surface area (Å²) in [5.74, 6) is -11.3. The maximum absolute atomic E-state index is 14.7. The number of nitrogens with two attached hydrogens (primary N) is 1. The van der Waals surface area contributed by atoms with E-state index in [9.17, 15) is 84.5 Å². The van der Waals surface area contributed by atoms with Crippen molar-refractivity contribution < 1.29 is 132 Å². The Kier molecular flexibility index (Phi) is 25.6. The third-order valence-corrected chi connectivity index (χ3v) is 16.9. The van der Waals surface area contributed by atoms with Crippen LogP contribution in [0.2, 0.25) is 0 Å². The van der Waals surface area contributed by atoms with Gasteiger partial charge < -0.3 is 97.1 Å². The number of amides is 8. The van der Waals surface area contributed by atoms with Crippen molar-refractivity contribution in [2.24, 2.45) is 11.7 Å². The van der Waals surface area contributed by atoms with Gasteiger partial charge in [-0.2, -0.15) is 5.10 Å². The summed E-state index contributed by atoms with van der Waals surface area (Å²) in [6.07, 6.45) is -11.3. The number of fused-ring (bicyclic) bond motifs is 3. The minimum absolute atomic E-state index is 0. The fourth-order valence-corrected chi connectivity index (χ4v) is 11.8. The van der Waals surface area contributed by atoms with Gasteiger partial charge in [-0.3, -0.25) is 43.4 Å². The number of imidazole rings is 1. The zero-order valence-electron chi connectivity index (χ0n) is 50.1. The molecule has 3 saturated heterocycles. The topological polar surface area (TPSA) is 481 Å². The van der Waals surface area contributed by atoms with Gasteiger partial charge in [-0.05, 0) is 67.4 Å². The predicted molar refractivity (Wildman–Crippen MR) is 315 cm³/mol. The van der Waals surface area contributed by atoms with Gasteiger partial charge in [0.1, 0.15) is 59.2 Å². The number of primary amides is 1. The molecular formula is C57H70N11NaO21S2. The molecular weight excluding hydrogens is 1260 g/mol. The van der Waals surface area contributed by atoms with E-state index in [4.69, 9.17) is 19.6 Å². The summed E-state index contributed by atoms with van der Waals surface area (Å²) in [6.45, 7) is 3.41. The van der Waals surface area contributed by atoms with E-state index in [2.05, 4.69) is 48.0 Å². The van der Waals surface area contributed by atoms with E-state index in [0.717, 1.165) is 65.5 Å². The molecule has 3 fully saturated rings. The van der Waals surface area contributed by atoms with Crippen LogP contribution in [0.4, 0.5) is 0 Å². The normalized spacial score (nSPS) is 24.9. The number of carbonyl (C=O) groups is 8. The Morgan fingerprint density at radius 3 is 2.17 bits per heavy atom. The van der Waals surface area contributed by atoms with Gasteiger partial charge in [-0.15, -0.1) is 4.33 Å². The summed E-state index contributed by atoms with van der Waals surface area (Å²) < 4.78 is 16.5. The number of aliphatic hydroxyl groups is 7. The molecule has 2 aromatic heterocycles. The molecule has 15 N–H and O–H groups in total. The number of aromatic hydroxyl groups is 1. The third kappa shape index (κ3) is 17.6. The zero-order valence-corrected chi connectivity index (χ0v) is 53.7. The van der Waals surface area contributed by atoms with Crippen LogP contribution >= 0.6 is 23.7 Å². The van der Waals surface area contributed by atoms with E-state index in [0.29, 0.717) is 27.8 Å². The quantitative estimate of drug-likeness (QED) is 0.0113. The number of unbranched alkanes of at least 4 members (excludes halogenated alkanes) is 2. The minimum atomic E-state index is -2.54. The third-order valence-electron chi connectivity index (χ3n) is 15.5. The summed E-state index contributed by atoms with van der Waals surface area (Å²) in [5, 5.41) is 121. The van der Waals surface area contributed by atoms with Crippen LogP contribution in [0.3, 0.4) is 0 Å². The Morgan fingerprint density at radius 2 is 1.51 bits per heavy atom. The van der Waals surface area contributed by atoms with E-state index in [1.165, 1.54) is 30.4 Å². The number of carbonyl (C=O) groups excluding carboxylic acids is 8. The van der Waals surface area contributed by atoms with Crippen LogP contribution in [0.15, 0.2) is 72.9 Å². The first-order valence-corrected chi connectivity index (χ1v) is 30.3. The van der Waals surface area contributed by atoms with Gasteiger partial charge in [0, 0.05) is 55.1 Å². The van der Waals surface area contributed by atoms with E-state index < -0.39 is 183 Å². The Bertz CT molecular complexity index is 3390. The number of nitrogens with one attached hydrogen (secondary N) is 5. The van der Waals surface area contributed by atoms with Gasteiger partial charge in [0.25, 0.3) is 18.2 Å². The van der Waals surface area contributed by atoms with Gasteiger partial charge in [-0.25, -0.2) is 9.50 Å². The van der Waals surface area contributed by atoms with Crippen LogP contribution < -0.4 is 76.1 Å². The first kappa shape index (κ1) is 72.3. The molecule has 3 aliphatic rings. The molecule has 0 bridgehead atoms. The molecule has 8 rings (SSSR count). The second kappa shape index (κ2) is 32.6. The fourth-order valence-electron chi connectivity index (χ4n) is 10.7. The van der Waals surface area contributed by atoms with Crippen molar-refractivity contribution in [3.63, 3.8) is 0 Å². The van der Waals surface area contributed by atoms with Crippen LogP contribution in [0.5, 0.6) is 17.2 Å². The van der Waals surface area contributed by atoms with Crippen LogP contribution in [0.1, 0.15) is 81.3 Å². The number of benzene rings is 3. The number of nitrogens with zero attached hydrogens (tertiary/aromatic N) is 5. The summed E-state index contributed by atoms with van der Waals surface area (Å²) in [4.78, 5) is 120. The molecule has 14 atom stereocenters. The van der Waals surface area contributed by atoms with E-state index in [1.54, 1.807) is 22.8 Å². The second-order valence-electron chi connectivity index (χ2n) is 22.3. The van der Waals surface area contributed by atoms with Gasteiger partial charge in [0.2, 0.25) is 46.3 Å². The molecule has 5 aromatic rings. The average molecular weight is 1330 g/mol. The maximum Gasteiger partial charge on any atom is 1.00 e. The van der Waals surface area contributed by atoms with Crippen molar-refractivity contribution in [1.82, 2.24) is 51.0 Å². The number of ether oxygens (including phenoxy) is 1. The molecule has 32 nitrogen and oxygen atoms in total. The molecule has 492 valence electrons. The van der Waals surface area contributed by atoms with E-state index in [1.807, 2.05) is 24.3 Å². The van der Waals surface area contributed by atoms with Crippen molar-refractivity contribution in [2.75, 3.05) is 26.2 Å². The zero-order chi connectivity index (χ0) is 66.0. The van der Waals surface area contributed by atoms with Crippen molar-refractivity contribution in [2.45, 2.75) is 138 Å². The molecule has 3 aromatic carbocycles. The van der Waals surface area contributed by atoms with Crippen LogP contribution in [-0.4, -0.2) is 212 Å². The van der Waals surface area contributed by atoms with Crippen LogP contribution in [-0.2, 0) is 42.9 Å². The Balaban J connectivity index is 0.0000120. The molecule has 0 saturated carbocycles. The van der Waals surface area contributed by atoms with Crippen LogP contribution in [0.25, 0.3) is 26.8 Å². The van der Waals surface area contributed by atoms with Crippen LogP contribution in [0, 0.1) is 5.92 Å². The Morgan fingerprint density at radius 1 is 0.837 bits per heavy atom. The smallest absolute Gasteiger partial charge is 0.691 e. The molecule has 0 radical (unpaired) electrons.